The molecule has 0 aromatic heterocycles. The molecule has 1 aliphatic heterocycles. The van der Waals surface area contributed by atoms with Crippen LogP contribution in [0.1, 0.15) is 24.5 Å². The molecule has 4 heteroatoms. The zero-order valence-electron chi connectivity index (χ0n) is 11.9. The Morgan fingerprint density at radius 2 is 1.89 bits per heavy atom. The van der Waals surface area contributed by atoms with E-state index in [2.05, 4.69) is 55.5 Å². The molecule has 1 N–H and O–H groups in total. The standard InChI is InChI=1S/C15H26N3P/c1-2-6-16-12-14-4-3-5-15(11-14)13-17-7-9-18(19)10-8-17/h3-5,11,16H,2,6-10,12-13,19H2,1H3. The maximum atomic E-state index is 3.46. The second-order valence-corrected chi connectivity index (χ2v) is 6.04. The smallest absolute Gasteiger partial charge is 0.0234 e. The lowest BCUT2D eigenvalue weighted by Gasteiger charge is -2.32. The van der Waals surface area contributed by atoms with Crippen LogP contribution in [0.3, 0.4) is 0 Å². The molecule has 0 saturated carbocycles. The van der Waals surface area contributed by atoms with Crippen molar-refractivity contribution >= 4 is 9.39 Å². The van der Waals surface area contributed by atoms with E-state index in [9.17, 15) is 0 Å². The number of nitrogens with one attached hydrogen (secondary N) is 1. The molecule has 1 fully saturated rings. The Morgan fingerprint density at radius 1 is 1.16 bits per heavy atom. The van der Waals surface area contributed by atoms with E-state index in [4.69, 9.17) is 0 Å². The summed E-state index contributed by atoms with van der Waals surface area (Å²) >= 11 is 0. The highest BCUT2D eigenvalue weighted by Crippen LogP contribution is 2.12. The van der Waals surface area contributed by atoms with Gasteiger partial charge in [0.25, 0.3) is 0 Å². The predicted octanol–water partition coefficient (Wildman–Crippen LogP) is 2.09. The van der Waals surface area contributed by atoms with Gasteiger partial charge in [-0.25, -0.2) is 0 Å². The third-order valence-electron chi connectivity index (χ3n) is 3.56. The highest BCUT2D eigenvalue weighted by atomic mass is 31.0. The minimum Gasteiger partial charge on any atom is -0.313 e. The van der Waals surface area contributed by atoms with E-state index in [1.807, 2.05) is 0 Å². The second kappa shape index (κ2) is 7.96. The fourth-order valence-corrected chi connectivity index (χ4v) is 2.66. The molecule has 0 radical (unpaired) electrons. The quantitative estimate of drug-likeness (QED) is 0.635. The van der Waals surface area contributed by atoms with Crippen LogP contribution in [-0.4, -0.2) is 42.3 Å². The predicted molar refractivity (Wildman–Crippen MR) is 85.0 cm³/mol. The van der Waals surface area contributed by atoms with Crippen LogP contribution in [0.4, 0.5) is 0 Å². The molecule has 1 heterocycles. The summed E-state index contributed by atoms with van der Waals surface area (Å²) in [6.45, 7) is 10.0. The Hall–Kier alpha value is -0.470. The first kappa shape index (κ1) is 14.9. The van der Waals surface area contributed by atoms with Gasteiger partial charge < -0.3 is 5.32 Å². The van der Waals surface area contributed by atoms with Crippen molar-refractivity contribution in [2.45, 2.75) is 26.4 Å². The van der Waals surface area contributed by atoms with E-state index in [-0.39, 0.29) is 0 Å². The maximum Gasteiger partial charge on any atom is 0.0234 e. The number of nitrogens with zero attached hydrogens (tertiary/aromatic N) is 2. The minimum atomic E-state index is 0.987. The summed E-state index contributed by atoms with van der Waals surface area (Å²) < 4.78 is 2.32. The number of piperazine rings is 1. The van der Waals surface area contributed by atoms with Crippen LogP contribution in [0, 0.1) is 0 Å². The van der Waals surface area contributed by atoms with Crippen LogP contribution in [0.5, 0.6) is 0 Å². The normalized spacial score (nSPS) is 17.8. The summed E-state index contributed by atoms with van der Waals surface area (Å²) in [6.07, 6.45) is 1.19. The minimum absolute atomic E-state index is 0.987. The fraction of sp³-hybridized carbons (Fsp3) is 0.600. The lowest BCUT2D eigenvalue weighted by molar-refractivity contribution is 0.189. The fourth-order valence-electron chi connectivity index (χ4n) is 2.43. The summed E-state index contributed by atoms with van der Waals surface area (Å²) in [7, 11) is 2.80. The molecule has 1 unspecified atom stereocenters. The lowest BCUT2D eigenvalue weighted by Crippen LogP contribution is -2.41. The first-order valence-corrected chi connectivity index (χ1v) is 7.80. The first-order valence-electron chi connectivity index (χ1n) is 7.28. The van der Waals surface area contributed by atoms with E-state index in [0.29, 0.717) is 0 Å². The molecule has 1 aromatic carbocycles. The highest BCUT2D eigenvalue weighted by Gasteiger charge is 2.13. The Bertz CT molecular complexity index is 375. The summed E-state index contributed by atoms with van der Waals surface area (Å²) in [5, 5.41) is 3.46. The van der Waals surface area contributed by atoms with Crippen molar-refractivity contribution in [3.8, 4) is 0 Å². The number of rotatable bonds is 6. The molecule has 0 bridgehead atoms. The van der Waals surface area contributed by atoms with Gasteiger partial charge in [0.05, 0.1) is 0 Å². The number of hydrogen-bond donors (Lipinski definition) is 1. The van der Waals surface area contributed by atoms with Gasteiger partial charge in [0.15, 0.2) is 0 Å². The molecule has 19 heavy (non-hydrogen) atoms. The van der Waals surface area contributed by atoms with Crippen LogP contribution in [0.25, 0.3) is 0 Å². The Kier molecular flexibility index (Phi) is 6.25. The second-order valence-electron chi connectivity index (χ2n) is 5.31. The Morgan fingerprint density at radius 3 is 2.63 bits per heavy atom. The average molecular weight is 279 g/mol. The Balaban J connectivity index is 1.84. The van der Waals surface area contributed by atoms with Crippen molar-refractivity contribution in [3.63, 3.8) is 0 Å². The van der Waals surface area contributed by atoms with Gasteiger partial charge in [0.1, 0.15) is 0 Å². The zero-order valence-corrected chi connectivity index (χ0v) is 13.1. The van der Waals surface area contributed by atoms with Gasteiger partial charge in [0, 0.05) is 39.3 Å². The molecular weight excluding hydrogens is 253 g/mol. The van der Waals surface area contributed by atoms with Crippen molar-refractivity contribution in [2.24, 2.45) is 0 Å². The lowest BCUT2D eigenvalue weighted by atomic mass is 10.1. The molecule has 1 atom stereocenters. The van der Waals surface area contributed by atoms with Gasteiger partial charge in [-0.3, -0.25) is 9.57 Å². The first-order chi connectivity index (χ1) is 9.28. The third kappa shape index (κ3) is 5.19. The van der Waals surface area contributed by atoms with E-state index < -0.39 is 0 Å². The molecule has 3 nitrogen and oxygen atoms in total. The summed E-state index contributed by atoms with van der Waals surface area (Å²) in [6, 6.07) is 8.99. The van der Waals surface area contributed by atoms with E-state index >= 15 is 0 Å². The van der Waals surface area contributed by atoms with Gasteiger partial charge in [-0.15, -0.1) is 0 Å². The SMILES string of the molecule is CCCNCc1cccc(CN2CCN(P)CC2)c1. The van der Waals surface area contributed by atoms with Crippen LogP contribution < -0.4 is 5.32 Å². The maximum absolute atomic E-state index is 3.46. The summed E-state index contributed by atoms with van der Waals surface area (Å²) in [5.74, 6) is 0. The average Bonchev–Trinajstić information content (AvgIpc) is 2.42. The van der Waals surface area contributed by atoms with Gasteiger partial charge in [0.2, 0.25) is 0 Å². The molecule has 2 rings (SSSR count). The van der Waals surface area contributed by atoms with Gasteiger partial charge in [-0.05, 0) is 24.1 Å². The molecule has 0 amide bonds. The van der Waals surface area contributed by atoms with Gasteiger partial charge >= 0.3 is 0 Å². The van der Waals surface area contributed by atoms with Crippen LogP contribution >= 0.6 is 9.39 Å². The molecule has 1 aromatic rings. The molecule has 0 spiro atoms. The topological polar surface area (TPSA) is 18.5 Å². The van der Waals surface area contributed by atoms with E-state index in [1.165, 1.54) is 30.6 Å². The zero-order chi connectivity index (χ0) is 13.5. The number of hydrogen-bond acceptors (Lipinski definition) is 3. The molecular formula is C15H26N3P. The van der Waals surface area contributed by atoms with Crippen LogP contribution in [0.15, 0.2) is 24.3 Å². The summed E-state index contributed by atoms with van der Waals surface area (Å²) in [4.78, 5) is 2.54. The molecule has 106 valence electrons. The molecule has 1 aliphatic rings. The van der Waals surface area contributed by atoms with Crippen molar-refractivity contribution in [1.29, 1.82) is 0 Å². The summed E-state index contributed by atoms with van der Waals surface area (Å²) in [5.41, 5.74) is 2.84. The largest absolute Gasteiger partial charge is 0.313 e. The number of benzene rings is 1. The van der Waals surface area contributed by atoms with Crippen LogP contribution in [0.2, 0.25) is 0 Å². The molecule has 1 saturated heterocycles. The van der Waals surface area contributed by atoms with E-state index in [0.717, 1.165) is 32.7 Å². The highest BCUT2D eigenvalue weighted by molar-refractivity contribution is 7.13. The Labute approximate surface area is 119 Å². The van der Waals surface area contributed by atoms with E-state index in [1.54, 1.807) is 0 Å². The van der Waals surface area contributed by atoms with Crippen molar-refractivity contribution < 1.29 is 0 Å². The van der Waals surface area contributed by atoms with Crippen molar-refractivity contribution in [1.82, 2.24) is 14.9 Å². The molecule has 0 aliphatic carbocycles. The third-order valence-corrected chi connectivity index (χ3v) is 4.08. The van der Waals surface area contributed by atoms with Gasteiger partial charge in [-0.1, -0.05) is 40.6 Å². The van der Waals surface area contributed by atoms with Crippen molar-refractivity contribution in [2.75, 3.05) is 32.7 Å². The van der Waals surface area contributed by atoms with Crippen molar-refractivity contribution in [3.05, 3.63) is 35.4 Å². The van der Waals surface area contributed by atoms with Gasteiger partial charge in [-0.2, -0.15) is 0 Å². The van der Waals surface area contributed by atoms with Crippen LogP contribution in [-0.2, 0) is 13.1 Å². The monoisotopic (exact) mass is 279 g/mol.